The Hall–Kier alpha value is -3.91. The first-order chi connectivity index (χ1) is 17.5. The van der Waals surface area contributed by atoms with Gasteiger partial charge in [0.25, 0.3) is 5.91 Å². The number of ether oxygens (including phenoxy) is 1. The van der Waals surface area contributed by atoms with Crippen LogP contribution in [0, 0.1) is 13.8 Å². The molecule has 0 spiro atoms. The first-order valence-corrected chi connectivity index (χ1v) is 12.3. The van der Waals surface area contributed by atoms with Crippen LogP contribution in [0.4, 0.5) is 11.4 Å². The summed E-state index contributed by atoms with van der Waals surface area (Å²) in [5.74, 6) is 0.197. The number of hydrogen-bond acceptors (Lipinski definition) is 6. The number of hydrogen-bond donors (Lipinski definition) is 1. The van der Waals surface area contributed by atoms with Gasteiger partial charge in [-0.2, -0.15) is 0 Å². The van der Waals surface area contributed by atoms with Crippen LogP contribution >= 0.6 is 0 Å². The van der Waals surface area contributed by atoms with E-state index in [1.807, 2.05) is 39.1 Å². The van der Waals surface area contributed by atoms with Crippen LogP contribution in [0.3, 0.4) is 0 Å². The van der Waals surface area contributed by atoms with Crippen molar-refractivity contribution in [2.45, 2.75) is 20.4 Å². The third-order valence-corrected chi connectivity index (χ3v) is 6.56. The molecule has 1 N–H and O–H groups in total. The molecule has 0 aliphatic carbocycles. The van der Waals surface area contributed by atoms with E-state index in [0.717, 1.165) is 60.7 Å². The molecular weight excluding hydrogens is 452 g/mol. The smallest absolute Gasteiger partial charge is 0.262 e. The minimum atomic E-state index is -0.228. The van der Waals surface area contributed by atoms with Crippen molar-refractivity contribution >= 4 is 28.3 Å². The third-order valence-electron chi connectivity index (χ3n) is 6.56. The molecule has 2 aromatic heterocycles. The predicted octanol–water partition coefficient (Wildman–Crippen LogP) is 3.92. The summed E-state index contributed by atoms with van der Waals surface area (Å²) in [6.07, 6.45) is 0. The molecule has 1 amide bonds. The van der Waals surface area contributed by atoms with Gasteiger partial charge < -0.3 is 15.0 Å². The summed E-state index contributed by atoms with van der Waals surface area (Å²) in [4.78, 5) is 22.0. The van der Waals surface area contributed by atoms with Gasteiger partial charge in [0, 0.05) is 56.8 Å². The predicted molar refractivity (Wildman–Crippen MR) is 142 cm³/mol. The van der Waals surface area contributed by atoms with Gasteiger partial charge in [-0.25, -0.2) is 9.67 Å². The summed E-state index contributed by atoms with van der Waals surface area (Å²) in [5, 5.41) is 8.16. The van der Waals surface area contributed by atoms with Gasteiger partial charge in [-0.15, -0.1) is 5.10 Å². The Labute approximate surface area is 211 Å². The van der Waals surface area contributed by atoms with E-state index < -0.39 is 0 Å². The maximum atomic E-state index is 12.5. The molecule has 3 heterocycles. The Morgan fingerprint density at radius 1 is 1.00 bits per heavy atom. The maximum absolute atomic E-state index is 12.5. The number of amides is 1. The summed E-state index contributed by atoms with van der Waals surface area (Å²) in [7, 11) is 1.83. The second kappa shape index (κ2) is 10.4. The number of aromatic nitrogens is 3. The molecule has 1 fully saturated rings. The number of benzene rings is 2. The van der Waals surface area contributed by atoms with Gasteiger partial charge in [-0.3, -0.25) is 9.69 Å². The largest absolute Gasteiger partial charge is 0.466 e. The normalized spacial score (nSPS) is 14.2. The highest BCUT2D eigenvalue weighted by Crippen LogP contribution is 2.27. The average Bonchev–Trinajstić information content (AvgIpc) is 3.20. The molecular formula is C28H32N6O2. The Kier molecular flexibility index (Phi) is 6.86. The zero-order valence-electron chi connectivity index (χ0n) is 21.1. The van der Waals surface area contributed by atoms with E-state index in [4.69, 9.17) is 4.74 Å². The molecule has 4 aromatic rings. The van der Waals surface area contributed by atoms with Crippen molar-refractivity contribution in [3.63, 3.8) is 0 Å². The zero-order chi connectivity index (χ0) is 25.1. The topological polar surface area (TPSA) is 75.5 Å². The number of pyridine rings is 1. The van der Waals surface area contributed by atoms with Gasteiger partial charge >= 0.3 is 0 Å². The number of nitrogens with zero attached hydrogens (tertiary/aromatic N) is 5. The monoisotopic (exact) mass is 484 g/mol. The molecule has 0 atom stereocenters. The van der Waals surface area contributed by atoms with E-state index in [9.17, 15) is 4.79 Å². The first-order valence-electron chi connectivity index (χ1n) is 12.3. The highest BCUT2D eigenvalue weighted by atomic mass is 16.5. The standard InChI is InChI=1S/C28H32N6O2/c1-20-17-21(2)29-27-26(20)28(31-32(27)3)36-19-25(35)30-23-9-11-24(12-10-23)34-15-13-33(14-16-34)18-22-7-5-4-6-8-22/h4-12,17H,13-16,18-19H2,1-3H3,(H,30,35). The van der Waals surface area contributed by atoms with Crippen LogP contribution in [0.25, 0.3) is 11.0 Å². The van der Waals surface area contributed by atoms with E-state index in [2.05, 4.69) is 67.7 Å². The molecule has 0 unspecified atom stereocenters. The minimum Gasteiger partial charge on any atom is -0.466 e. The lowest BCUT2D eigenvalue weighted by molar-refractivity contribution is -0.118. The van der Waals surface area contributed by atoms with Gasteiger partial charge in [0.1, 0.15) is 0 Å². The molecule has 5 rings (SSSR count). The summed E-state index contributed by atoms with van der Waals surface area (Å²) in [5.41, 5.74) is 5.96. The minimum absolute atomic E-state index is 0.120. The molecule has 8 nitrogen and oxygen atoms in total. The van der Waals surface area contributed by atoms with E-state index >= 15 is 0 Å². The molecule has 1 saturated heterocycles. The van der Waals surface area contributed by atoms with Crippen LogP contribution in [0.2, 0.25) is 0 Å². The van der Waals surface area contributed by atoms with Crippen molar-refractivity contribution in [3.8, 4) is 5.88 Å². The van der Waals surface area contributed by atoms with Gasteiger partial charge in [0.15, 0.2) is 12.3 Å². The third kappa shape index (κ3) is 5.33. The highest BCUT2D eigenvalue weighted by molar-refractivity contribution is 5.92. The number of piperazine rings is 1. The zero-order valence-corrected chi connectivity index (χ0v) is 21.1. The van der Waals surface area contributed by atoms with Gasteiger partial charge in [-0.05, 0) is 55.3 Å². The van der Waals surface area contributed by atoms with Crippen LogP contribution in [-0.4, -0.2) is 58.4 Å². The van der Waals surface area contributed by atoms with Gasteiger partial charge in [0.2, 0.25) is 5.88 Å². The SMILES string of the molecule is Cc1cc(C)c2c(OCC(=O)Nc3ccc(N4CCN(Cc5ccccc5)CC4)cc3)nn(C)c2n1. The van der Waals surface area contributed by atoms with Crippen LogP contribution in [0.15, 0.2) is 60.7 Å². The summed E-state index contributed by atoms with van der Waals surface area (Å²) in [6.45, 7) is 8.84. The van der Waals surface area contributed by atoms with Crippen molar-refractivity contribution < 1.29 is 9.53 Å². The molecule has 36 heavy (non-hydrogen) atoms. The first kappa shape index (κ1) is 23.8. The number of rotatable bonds is 7. The van der Waals surface area contributed by atoms with Gasteiger partial charge in [0.05, 0.1) is 5.39 Å². The van der Waals surface area contributed by atoms with Crippen LogP contribution in [-0.2, 0) is 18.4 Å². The lowest BCUT2D eigenvalue weighted by Gasteiger charge is -2.36. The summed E-state index contributed by atoms with van der Waals surface area (Å²) >= 11 is 0. The Morgan fingerprint density at radius 3 is 2.44 bits per heavy atom. The molecule has 0 radical (unpaired) electrons. The second-order valence-electron chi connectivity index (χ2n) is 9.34. The van der Waals surface area contributed by atoms with Gasteiger partial charge in [-0.1, -0.05) is 30.3 Å². The maximum Gasteiger partial charge on any atom is 0.262 e. The van der Waals surface area contributed by atoms with Crippen LogP contribution in [0.1, 0.15) is 16.8 Å². The fourth-order valence-corrected chi connectivity index (χ4v) is 4.74. The van der Waals surface area contributed by atoms with Crippen LogP contribution < -0.4 is 15.0 Å². The summed E-state index contributed by atoms with van der Waals surface area (Å²) in [6, 6.07) is 20.6. The molecule has 1 aliphatic rings. The van der Waals surface area contributed by atoms with Crippen molar-refractivity contribution in [2.24, 2.45) is 7.05 Å². The molecule has 186 valence electrons. The highest BCUT2D eigenvalue weighted by Gasteiger charge is 2.18. The molecule has 2 aromatic carbocycles. The van der Waals surface area contributed by atoms with Crippen molar-refractivity contribution in [1.29, 1.82) is 0 Å². The quantitative estimate of drug-likeness (QED) is 0.429. The second-order valence-corrected chi connectivity index (χ2v) is 9.34. The number of nitrogens with one attached hydrogen (secondary N) is 1. The fourth-order valence-electron chi connectivity index (χ4n) is 4.74. The summed E-state index contributed by atoms with van der Waals surface area (Å²) < 4.78 is 7.45. The number of aryl methyl sites for hydroxylation is 3. The molecule has 8 heteroatoms. The van der Waals surface area contributed by atoms with E-state index in [0.29, 0.717) is 5.88 Å². The van der Waals surface area contributed by atoms with Crippen molar-refractivity contribution in [2.75, 3.05) is 43.0 Å². The number of fused-ring (bicyclic) bond motifs is 1. The fraction of sp³-hybridized carbons (Fsp3) is 0.321. The van der Waals surface area contributed by atoms with E-state index in [1.165, 1.54) is 11.3 Å². The Bertz CT molecular complexity index is 1340. The van der Waals surface area contributed by atoms with Crippen molar-refractivity contribution in [3.05, 3.63) is 77.5 Å². The number of carbonyl (C=O) groups is 1. The van der Waals surface area contributed by atoms with E-state index in [-0.39, 0.29) is 12.5 Å². The number of anilines is 2. The molecule has 0 bridgehead atoms. The molecule has 1 aliphatic heterocycles. The molecule has 0 saturated carbocycles. The average molecular weight is 485 g/mol. The Balaban J connectivity index is 1.13. The lowest BCUT2D eigenvalue weighted by atomic mass is 10.2. The number of carbonyl (C=O) groups excluding carboxylic acids is 1. The lowest BCUT2D eigenvalue weighted by Crippen LogP contribution is -2.45. The Morgan fingerprint density at radius 2 is 1.72 bits per heavy atom. The van der Waals surface area contributed by atoms with Crippen molar-refractivity contribution in [1.82, 2.24) is 19.7 Å². The van der Waals surface area contributed by atoms with Crippen LogP contribution in [0.5, 0.6) is 5.88 Å². The van der Waals surface area contributed by atoms with E-state index in [1.54, 1.807) is 4.68 Å².